The lowest BCUT2D eigenvalue weighted by molar-refractivity contribution is 0.263. The van der Waals surface area contributed by atoms with E-state index >= 15 is 0 Å². The molecular formula is C11H13NO. The van der Waals surface area contributed by atoms with Crippen molar-refractivity contribution in [1.29, 1.82) is 0 Å². The van der Waals surface area contributed by atoms with Gasteiger partial charge in [-0.15, -0.1) is 0 Å². The van der Waals surface area contributed by atoms with Crippen molar-refractivity contribution in [2.24, 2.45) is 0 Å². The largest absolute Gasteiger partial charge is 0.627 e. The van der Waals surface area contributed by atoms with Gasteiger partial charge in [0.25, 0.3) is 0 Å². The molecule has 1 aliphatic rings. The molecule has 68 valence electrons. The molecule has 2 nitrogen and oxygen atoms in total. The lowest BCUT2D eigenvalue weighted by Crippen LogP contribution is -2.54. The van der Waals surface area contributed by atoms with Crippen LogP contribution >= 0.6 is 0 Å². The Morgan fingerprint density at radius 2 is 2.00 bits per heavy atom. The van der Waals surface area contributed by atoms with Crippen LogP contribution in [0.4, 0.5) is 5.69 Å². The zero-order valence-electron chi connectivity index (χ0n) is 7.57. The summed E-state index contributed by atoms with van der Waals surface area (Å²) < 4.78 is -0.164. The molecular weight excluding hydrogens is 162 g/mol. The molecule has 2 heteroatoms. The number of hydrogen-bond acceptors (Lipinski definition) is 1. The summed E-state index contributed by atoms with van der Waals surface area (Å²) in [6.45, 7) is 5.14. The predicted molar refractivity (Wildman–Crippen MR) is 56.0 cm³/mol. The Labute approximate surface area is 78.3 Å². The molecule has 0 amide bonds. The number of nitrogens with zero attached hydrogens (tertiary/aromatic N) is 1. The van der Waals surface area contributed by atoms with Gasteiger partial charge < -0.3 is 9.85 Å². The molecule has 0 aromatic heterocycles. The van der Waals surface area contributed by atoms with Crippen molar-refractivity contribution >= 4 is 11.8 Å². The maximum Gasteiger partial charge on any atom is 0.140 e. The van der Waals surface area contributed by atoms with Gasteiger partial charge in [0.1, 0.15) is 5.69 Å². The smallest absolute Gasteiger partial charge is 0.140 e. The third-order valence-electron chi connectivity index (χ3n) is 2.63. The molecule has 0 N–H and O–H groups in total. The Bertz CT molecular complexity index is 329. The third kappa shape index (κ3) is 1.28. The van der Waals surface area contributed by atoms with Gasteiger partial charge in [-0.1, -0.05) is 24.8 Å². The second kappa shape index (κ2) is 2.98. The summed E-state index contributed by atoms with van der Waals surface area (Å²) in [5.74, 6) is 0. The van der Waals surface area contributed by atoms with Crippen LogP contribution in [0.25, 0.3) is 6.08 Å². The molecule has 1 aliphatic heterocycles. The van der Waals surface area contributed by atoms with Crippen LogP contribution in [0, 0.1) is 5.21 Å². The molecule has 0 aliphatic carbocycles. The van der Waals surface area contributed by atoms with Crippen molar-refractivity contribution in [1.82, 2.24) is 4.65 Å². The second-order valence-electron chi connectivity index (χ2n) is 3.45. The number of hydrogen-bond donors (Lipinski definition) is 0. The Morgan fingerprint density at radius 3 is 2.54 bits per heavy atom. The van der Waals surface area contributed by atoms with Crippen LogP contribution in [0.2, 0.25) is 0 Å². The van der Waals surface area contributed by atoms with Crippen LogP contribution in [0.15, 0.2) is 30.8 Å². The molecule has 0 radical (unpaired) electrons. The van der Waals surface area contributed by atoms with Gasteiger partial charge in [-0.2, -0.15) is 0 Å². The van der Waals surface area contributed by atoms with Crippen molar-refractivity contribution in [3.8, 4) is 0 Å². The van der Waals surface area contributed by atoms with E-state index in [2.05, 4.69) is 6.58 Å². The van der Waals surface area contributed by atoms with Crippen LogP contribution < -0.4 is 4.65 Å². The number of para-hydroxylation sites is 1. The first-order valence-corrected chi connectivity index (χ1v) is 4.56. The molecule has 0 saturated carbocycles. The normalized spacial score (nSPS) is 19.2. The Kier molecular flexibility index (Phi) is 1.94. The van der Waals surface area contributed by atoms with E-state index in [-0.39, 0.29) is 4.65 Å². The van der Waals surface area contributed by atoms with Gasteiger partial charge in [-0.05, 0) is 6.07 Å². The maximum absolute atomic E-state index is 12.0. The van der Waals surface area contributed by atoms with E-state index in [1.54, 1.807) is 6.08 Å². The quantitative estimate of drug-likeness (QED) is 0.500. The molecule has 0 unspecified atom stereocenters. The summed E-state index contributed by atoms with van der Waals surface area (Å²) in [4.78, 5) is 0. The number of rotatable bonds is 2. The molecule has 13 heavy (non-hydrogen) atoms. The fourth-order valence-electron chi connectivity index (χ4n) is 1.72. The van der Waals surface area contributed by atoms with Gasteiger partial charge >= 0.3 is 0 Å². The first kappa shape index (κ1) is 8.48. The molecule has 1 aromatic carbocycles. The van der Waals surface area contributed by atoms with E-state index in [9.17, 15) is 5.21 Å². The van der Waals surface area contributed by atoms with E-state index in [0.29, 0.717) is 13.1 Å². The third-order valence-corrected chi connectivity index (χ3v) is 2.63. The van der Waals surface area contributed by atoms with Gasteiger partial charge in [0.15, 0.2) is 0 Å². The van der Waals surface area contributed by atoms with Gasteiger partial charge in [0, 0.05) is 18.1 Å². The van der Waals surface area contributed by atoms with Gasteiger partial charge in [0.05, 0.1) is 13.1 Å². The monoisotopic (exact) mass is 175 g/mol. The van der Waals surface area contributed by atoms with E-state index in [1.807, 2.05) is 24.3 Å². The summed E-state index contributed by atoms with van der Waals surface area (Å²) in [5.41, 5.74) is 1.83. The zero-order valence-corrected chi connectivity index (χ0v) is 7.57. The molecule has 0 atom stereocenters. The van der Waals surface area contributed by atoms with Gasteiger partial charge in [-0.3, -0.25) is 0 Å². The van der Waals surface area contributed by atoms with Crippen molar-refractivity contribution in [2.75, 3.05) is 13.1 Å². The summed E-state index contributed by atoms with van der Waals surface area (Å²) in [6.07, 6.45) is 2.79. The average Bonchev–Trinajstić information content (AvgIpc) is 2.14. The lowest BCUT2D eigenvalue weighted by Gasteiger charge is -2.49. The highest BCUT2D eigenvalue weighted by Gasteiger charge is 2.30. The molecule has 0 spiro atoms. The molecule has 1 fully saturated rings. The molecule has 0 bridgehead atoms. The van der Waals surface area contributed by atoms with Crippen LogP contribution in [-0.2, 0) is 0 Å². The van der Waals surface area contributed by atoms with Crippen molar-refractivity contribution in [3.05, 3.63) is 41.6 Å². The SMILES string of the molecule is C=Cc1ccccc1[N+]1([O-])CCC1. The van der Waals surface area contributed by atoms with Crippen molar-refractivity contribution in [2.45, 2.75) is 6.42 Å². The minimum absolute atomic E-state index is 0.164. The Balaban J connectivity index is 2.43. The fraction of sp³-hybridized carbons (Fsp3) is 0.273. The fourth-order valence-corrected chi connectivity index (χ4v) is 1.72. The van der Waals surface area contributed by atoms with Gasteiger partial charge in [-0.25, -0.2) is 0 Å². The minimum Gasteiger partial charge on any atom is -0.627 e. The summed E-state index contributed by atoms with van der Waals surface area (Å²) in [6, 6.07) is 7.70. The number of benzene rings is 1. The molecule has 1 saturated heterocycles. The highest BCUT2D eigenvalue weighted by Crippen LogP contribution is 2.32. The lowest BCUT2D eigenvalue weighted by atomic mass is 10.1. The molecule has 1 aromatic rings. The van der Waals surface area contributed by atoms with Crippen LogP contribution in [0.1, 0.15) is 12.0 Å². The zero-order chi connectivity index (χ0) is 9.31. The number of quaternary nitrogens is 1. The van der Waals surface area contributed by atoms with Gasteiger partial charge in [0.2, 0.25) is 0 Å². The van der Waals surface area contributed by atoms with Crippen LogP contribution in [0.5, 0.6) is 0 Å². The maximum atomic E-state index is 12.0. The highest BCUT2D eigenvalue weighted by molar-refractivity contribution is 5.65. The summed E-state index contributed by atoms with van der Waals surface area (Å²) in [7, 11) is 0. The second-order valence-corrected chi connectivity index (χ2v) is 3.45. The van der Waals surface area contributed by atoms with E-state index < -0.39 is 0 Å². The summed E-state index contributed by atoms with van der Waals surface area (Å²) in [5, 5.41) is 12.0. The first-order valence-electron chi connectivity index (χ1n) is 4.56. The Hall–Kier alpha value is -1.12. The summed E-state index contributed by atoms with van der Waals surface area (Å²) >= 11 is 0. The van der Waals surface area contributed by atoms with E-state index in [1.165, 1.54) is 0 Å². The Morgan fingerprint density at radius 1 is 1.31 bits per heavy atom. The standard InChI is InChI=1S/C11H13NO/c1-2-10-6-3-4-7-11(10)12(13)8-5-9-12/h2-4,6-7H,1,5,8-9H2. The predicted octanol–water partition coefficient (Wildman–Crippen LogP) is 2.54. The van der Waals surface area contributed by atoms with Crippen molar-refractivity contribution in [3.63, 3.8) is 0 Å². The molecule has 2 rings (SSSR count). The van der Waals surface area contributed by atoms with Crippen LogP contribution in [0.3, 0.4) is 0 Å². The van der Waals surface area contributed by atoms with Crippen molar-refractivity contribution < 1.29 is 0 Å². The minimum atomic E-state index is -0.164. The van der Waals surface area contributed by atoms with E-state index in [4.69, 9.17) is 0 Å². The number of hydroxylamine groups is 2. The topological polar surface area (TPSA) is 23.1 Å². The average molecular weight is 175 g/mol. The van der Waals surface area contributed by atoms with Crippen LogP contribution in [-0.4, -0.2) is 13.1 Å². The highest BCUT2D eigenvalue weighted by atomic mass is 16.6. The molecule has 1 heterocycles. The first-order chi connectivity index (χ1) is 6.26. The van der Waals surface area contributed by atoms with E-state index in [0.717, 1.165) is 17.7 Å².